The lowest BCUT2D eigenvalue weighted by Gasteiger charge is -2.25. The van der Waals surface area contributed by atoms with E-state index in [-0.39, 0.29) is 10.6 Å². The van der Waals surface area contributed by atoms with Gasteiger partial charge in [-0.15, -0.1) is 0 Å². The predicted octanol–water partition coefficient (Wildman–Crippen LogP) is 6.06. The van der Waals surface area contributed by atoms with Crippen LogP contribution < -0.4 is 23.9 Å². The van der Waals surface area contributed by atoms with E-state index in [1.165, 1.54) is 18.3 Å². The average Bonchev–Trinajstić information content (AvgIpc) is 3.01. The predicted molar refractivity (Wildman–Crippen MR) is 168 cm³/mol. The van der Waals surface area contributed by atoms with Crippen molar-refractivity contribution in [2.24, 2.45) is 5.10 Å². The highest BCUT2D eigenvalue weighted by atomic mass is 35.5. The summed E-state index contributed by atoms with van der Waals surface area (Å²) in [6.45, 7) is 4.20. The number of rotatable bonds is 14. The van der Waals surface area contributed by atoms with Gasteiger partial charge in [0.05, 0.1) is 30.0 Å². The molecule has 0 aliphatic carbocycles. The van der Waals surface area contributed by atoms with Crippen LogP contribution in [-0.4, -0.2) is 40.3 Å². The molecule has 9 nitrogen and oxygen atoms in total. The first-order chi connectivity index (χ1) is 20.8. The van der Waals surface area contributed by atoms with Gasteiger partial charge >= 0.3 is 0 Å². The third-order valence-corrected chi connectivity index (χ3v) is 8.06. The first-order valence-corrected chi connectivity index (χ1v) is 15.4. The topological polar surface area (TPSA) is 107 Å². The Morgan fingerprint density at radius 3 is 2.23 bits per heavy atom. The second-order valence-electron chi connectivity index (χ2n) is 9.07. The molecule has 43 heavy (non-hydrogen) atoms. The molecule has 0 saturated heterocycles. The smallest absolute Gasteiger partial charge is 0.264 e. The van der Waals surface area contributed by atoms with E-state index < -0.39 is 22.5 Å². The van der Waals surface area contributed by atoms with Crippen molar-refractivity contribution in [2.75, 3.05) is 24.1 Å². The third-order valence-electron chi connectivity index (χ3n) is 6.03. The van der Waals surface area contributed by atoms with Crippen LogP contribution in [0.25, 0.3) is 0 Å². The van der Waals surface area contributed by atoms with Gasteiger partial charge in [-0.1, -0.05) is 54.1 Å². The number of ether oxygens (including phenoxy) is 3. The molecule has 0 radical (unpaired) electrons. The average molecular weight is 622 g/mol. The van der Waals surface area contributed by atoms with Crippen molar-refractivity contribution in [1.29, 1.82) is 0 Å². The minimum absolute atomic E-state index is 0.0411. The van der Waals surface area contributed by atoms with Crippen LogP contribution >= 0.6 is 11.6 Å². The Hall–Kier alpha value is -4.54. The number of hydrogen-bond acceptors (Lipinski definition) is 7. The zero-order valence-corrected chi connectivity index (χ0v) is 25.3. The molecule has 0 heterocycles. The molecule has 0 bridgehead atoms. The fourth-order valence-corrected chi connectivity index (χ4v) is 5.62. The van der Waals surface area contributed by atoms with E-state index >= 15 is 0 Å². The Kier molecular flexibility index (Phi) is 11.0. The summed E-state index contributed by atoms with van der Waals surface area (Å²) >= 11 is 5.96. The highest BCUT2D eigenvalue weighted by Crippen LogP contribution is 2.32. The van der Waals surface area contributed by atoms with Crippen LogP contribution in [0, 0.1) is 0 Å². The fraction of sp³-hybridized carbons (Fsp3) is 0.188. The molecule has 0 aliphatic heterocycles. The van der Waals surface area contributed by atoms with Gasteiger partial charge in [0.1, 0.15) is 18.9 Å². The summed E-state index contributed by atoms with van der Waals surface area (Å²) < 4.78 is 45.6. The molecule has 224 valence electrons. The molecule has 4 rings (SSSR count). The molecular formula is C32H32ClN3O6S. The number of hydrogen-bond donors (Lipinski definition) is 1. The van der Waals surface area contributed by atoms with Gasteiger partial charge in [0.25, 0.3) is 15.9 Å². The summed E-state index contributed by atoms with van der Waals surface area (Å²) in [5.41, 5.74) is 4.25. The van der Waals surface area contributed by atoms with E-state index in [0.717, 1.165) is 9.87 Å². The number of anilines is 1. The molecule has 4 aromatic rings. The third kappa shape index (κ3) is 8.50. The van der Waals surface area contributed by atoms with E-state index in [1.807, 2.05) is 19.1 Å². The van der Waals surface area contributed by atoms with Crippen LogP contribution in [0.2, 0.25) is 5.02 Å². The summed E-state index contributed by atoms with van der Waals surface area (Å²) in [7, 11) is -4.11. The lowest BCUT2D eigenvalue weighted by atomic mass is 10.2. The zero-order valence-electron chi connectivity index (χ0n) is 23.8. The number of carbonyl (C=O) groups is 1. The maximum Gasteiger partial charge on any atom is 0.264 e. The van der Waals surface area contributed by atoms with Gasteiger partial charge in [-0.2, -0.15) is 5.10 Å². The Bertz CT molecular complexity index is 1650. The molecule has 11 heteroatoms. The van der Waals surface area contributed by atoms with Crippen LogP contribution in [0.15, 0.2) is 107 Å². The van der Waals surface area contributed by atoms with Crippen molar-refractivity contribution in [3.63, 3.8) is 0 Å². The van der Waals surface area contributed by atoms with E-state index in [9.17, 15) is 13.2 Å². The number of amides is 1. The summed E-state index contributed by atoms with van der Waals surface area (Å²) in [6, 6.07) is 27.2. The van der Waals surface area contributed by atoms with Crippen molar-refractivity contribution in [3.05, 3.63) is 113 Å². The van der Waals surface area contributed by atoms with Gasteiger partial charge < -0.3 is 14.2 Å². The molecule has 0 aromatic heterocycles. The highest BCUT2D eigenvalue weighted by molar-refractivity contribution is 7.92. The number of carbonyl (C=O) groups excluding carboxylic acids is 1. The molecular weight excluding hydrogens is 590 g/mol. The second-order valence-corrected chi connectivity index (χ2v) is 11.4. The maximum atomic E-state index is 13.6. The number of nitrogens with one attached hydrogen (secondary N) is 1. The Morgan fingerprint density at radius 2 is 1.51 bits per heavy atom. The molecule has 0 saturated carbocycles. The molecule has 0 atom stereocenters. The van der Waals surface area contributed by atoms with Crippen molar-refractivity contribution >= 4 is 39.4 Å². The van der Waals surface area contributed by atoms with Gasteiger partial charge in [0.2, 0.25) is 0 Å². The number of nitrogens with zero attached hydrogens (tertiary/aromatic N) is 2. The summed E-state index contributed by atoms with van der Waals surface area (Å²) in [5.74, 6) is 0.754. The van der Waals surface area contributed by atoms with E-state index in [1.54, 1.807) is 79.7 Å². The van der Waals surface area contributed by atoms with Gasteiger partial charge in [-0.25, -0.2) is 13.8 Å². The summed E-state index contributed by atoms with van der Waals surface area (Å²) in [5, 5.41) is 4.70. The monoisotopic (exact) mass is 621 g/mol. The molecule has 0 fully saturated rings. The van der Waals surface area contributed by atoms with Crippen LogP contribution in [-0.2, 0) is 21.4 Å². The number of benzene rings is 4. The summed E-state index contributed by atoms with van der Waals surface area (Å²) in [4.78, 5) is 13.0. The molecule has 0 spiro atoms. The second kappa shape index (κ2) is 15.1. The fourth-order valence-electron chi connectivity index (χ4n) is 4.04. The first-order valence-electron chi connectivity index (χ1n) is 13.6. The Balaban J connectivity index is 1.49. The minimum Gasteiger partial charge on any atom is -0.492 e. The highest BCUT2D eigenvalue weighted by Gasteiger charge is 2.29. The molecule has 1 N–H and O–H groups in total. The van der Waals surface area contributed by atoms with Crippen LogP contribution in [0.1, 0.15) is 25.0 Å². The van der Waals surface area contributed by atoms with E-state index in [2.05, 4.69) is 10.5 Å². The lowest BCUT2D eigenvalue weighted by molar-refractivity contribution is -0.119. The SMILES string of the molecule is CCOc1cc(/C=N\NC(=O)CN(c2ccccc2OCC)S(=O)(=O)c2ccccc2)ccc1OCc1ccc(Cl)cc1. The largest absolute Gasteiger partial charge is 0.492 e. The van der Waals surface area contributed by atoms with Crippen molar-refractivity contribution in [2.45, 2.75) is 25.3 Å². The van der Waals surface area contributed by atoms with E-state index in [4.69, 9.17) is 25.8 Å². The van der Waals surface area contributed by atoms with Crippen molar-refractivity contribution < 1.29 is 27.4 Å². The van der Waals surface area contributed by atoms with Crippen molar-refractivity contribution in [1.82, 2.24) is 5.43 Å². The van der Waals surface area contributed by atoms with Gasteiger partial charge in [-0.05, 0) is 79.6 Å². The Labute approximate surface area is 256 Å². The normalized spacial score (nSPS) is 11.2. The molecule has 0 aliphatic rings. The lowest BCUT2D eigenvalue weighted by Crippen LogP contribution is -2.39. The van der Waals surface area contributed by atoms with Crippen molar-refractivity contribution in [3.8, 4) is 17.2 Å². The van der Waals surface area contributed by atoms with Gasteiger partial charge in [-0.3, -0.25) is 9.10 Å². The number of para-hydroxylation sites is 2. The standard InChI is InChI=1S/C32H32ClN3O6S/c1-3-40-29-13-9-8-12-28(29)36(43(38,39)27-10-6-5-7-11-27)22-32(37)35-34-21-25-16-19-30(31(20-25)41-4-2)42-23-24-14-17-26(33)18-15-24/h5-21H,3-4,22-23H2,1-2H3,(H,35,37)/b34-21-. The van der Waals surface area contributed by atoms with Gasteiger partial charge in [0.15, 0.2) is 11.5 Å². The molecule has 1 amide bonds. The minimum atomic E-state index is -4.11. The Morgan fingerprint density at radius 1 is 0.837 bits per heavy atom. The summed E-state index contributed by atoms with van der Waals surface area (Å²) in [6.07, 6.45) is 1.44. The maximum absolute atomic E-state index is 13.6. The number of sulfonamides is 1. The molecule has 4 aromatic carbocycles. The zero-order chi connectivity index (χ0) is 30.7. The van der Waals surface area contributed by atoms with Crippen LogP contribution in [0.4, 0.5) is 5.69 Å². The quantitative estimate of drug-likeness (QED) is 0.135. The first kappa shape index (κ1) is 31.4. The van der Waals surface area contributed by atoms with Gasteiger partial charge in [0, 0.05) is 5.02 Å². The number of halogens is 1. The van der Waals surface area contributed by atoms with Crippen LogP contribution in [0.5, 0.6) is 17.2 Å². The van der Waals surface area contributed by atoms with E-state index in [0.29, 0.717) is 47.7 Å². The number of hydrazone groups is 1. The van der Waals surface area contributed by atoms with Crippen LogP contribution in [0.3, 0.4) is 0 Å². The molecule has 0 unspecified atom stereocenters.